The van der Waals surface area contributed by atoms with Crippen LogP contribution in [0.4, 0.5) is 19.0 Å². The number of nitrogens with one attached hydrogen (secondary N) is 1. The number of nitrogens with zero attached hydrogens (tertiary/aromatic N) is 1. The molecule has 1 aromatic rings. The summed E-state index contributed by atoms with van der Waals surface area (Å²) < 4.78 is 37.9. The molecule has 0 fully saturated rings. The minimum Gasteiger partial charge on any atom is -0.481 e. The second kappa shape index (κ2) is 6.32. The second-order valence-electron chi connectivity index (χ2n) is 6.13. The van der Waals surface area contributed by atoms with Crippen LogP contribution in [0.1, 0.15) is 39.2 Å². The van der Waals surface area contributed by atoms with Gasteiger partial charge in [0, 0.05) is 12.2 Å². The van der Waals surface area contributed by atoms with Crippen LogP contribution in [-0.4, -0.2) is 22.1 Å². The van der Waals surface area contributed by atoms with Crippen molar-refractivity contribution in [3.63, 3.8) is 0 Å². The first-order valence-corrected chi connectivity index (χ1v) is 6.49. The molecule has 0 aliphatic rings. The topological polar surface area (TPSA) is 62.2 Å². The largest absolute Gasteiger partial charge is 0.481 e. The number of carbonyl (C=O) groups is 1. The summed E-state index contributed by atoms with van der Waals surface area (Å²) in [5.41, 5.74) is -0.973. The van der Waals surface area contributed by atoms with E-state index in [1.165, 1.54) is 0 Å². The molecule has 0 aliphatic carbocycles. The van der Waals surface area contributed by atoms with E-state index in [4.69, 9.17) is 5.11 Å². The highest BCUT2D eigenvalue weighted by molar-refractivity contribution is 5.68. The number of rotatable bonds is 5. The van der Waals surface area contributed by atoms with E-state index in [0.717, 1.165) is 18.3 Å². The molecule has 0 saturated heterocycles. The summed E-state index contributed by atoms with van der Waals surface area (Å²) in [6.07, 6.45) is -3.09. The molecule has 2 N–H and O–H groups in total. The van der Waals surface area contributed by atoms with Crippen LogP contribution in [0.3, 0.4) is 0 Å². The molecule has 0 bridgehead atoms. The molecule has 7 heteroatoms. The Labute approximate surface area is 121 Å². The molecule has 118 valence electrons. The first kappa shape index (κ1) is 17.3. The summed E-state index contributed by atoms with van der Waals surface area (Å²) in [6.45, 7) is 5.80. The maximum absolute atomic E-state index is 12.6. The number of hydrogen-bond donors (Lipinski definition) is 2. The van der Waals surface area contributed by atoms with Gasteiger partial charge in [0.2, 0.25) is 0 Å². The Morgan fingerprint density at radius 2 is 2.00 bits per heavy atom. The van der Waals surface area contributed by atoms with Crippen LogP contribution in [0, 0.1) is 5.41 Å². The molecule has 0 aromatic carbocycles. The van der Waals surface area contributed by atoms with Gasteiger partial charge in [0.05, 0.1) is 12.0 Å². The Balaban J connectivity index is 2.90. The molecule has 4 nitrogen and oxygen atoms in total. The van der Waals surface area contributed by atoms with Crippen molar-refractivity contribution in [2.75, 3.05) is 5.32 Å². The maximum atomic E-state index is 12.6. The SMILES string of the molecule is CC(C)(C)CC(CC(=O)O)Nc1cc(C(F)(F)F)ccn1. The summed E-state index contributed by atoms with van der Waals surface area (Å²) >= 11 is 0. The summed E-state index contributed by atoms with van der Waals surface area (Å²) in [5, 5.41) is 11.7. The third kappa shape index (κ3) is 6.46. The van der Waals surface area contributed by atoms with Crippen molar-refractivity contribution in [2.24, 2.45) is 5.41 Å². The summed E-state index contributed by atoms with van der Waals surface area (Å²) in [5.74, 6) is -0.982. The Morgan fingerprint density at radius 1 is 1.38 bits per heavy atom. The highest BCUT2D eigenvalue weighted by Gasteiger charge is 2.31. The third-order valence-corrected chi connectivity index (χ3v) is 2.72. The number of aromatic nitrogens is 1. The molecule has 1 aromatic heterocycles. The first-order valence-electron chi connectivity index (χ1n) is 6.49. The fraction of sp³-hybridized carbons (Fsp3) is 0.571. The molecule has 0 radical (unpaired) electrons. The van der Waals surface area contributed by atoms with Crippen LogP contribution in [0.5, 0.6) is 0 Å². The van der Waals surface area contributed by atoms with Crippen LogP contribution in [0.15, 0.2) is 18.3 Å². The maximum Gasteiger partial charge on any atom is 0.416 e. The molecule has 1 heterocycles. The number of anilines is 1. The lowest BCUT2D eigenvalue weighted by Gasteiger charge is -2.26. The van der Waals surface area contributed by atoms with E-state index in [1.54, 1.807) is 0 Å². The van der Waals surface area contributed by atoms with E-state index < -0.39 is 23.8 Å². The van der Waals surface area contributed by atoms with Gasteiger partial charge in [-0.15, -0.1) is 0 Å². The molecule has 21 heavy (non-hydrogen) atoms. The van der Waals surface area contributed by atoms with Gasteiger partial charge in [0.1, 0.15) is 5.82 Å². The van der Waals surface area contributed by atoms with E-state index in [1.807, 2.05) is 20.8 Å². The molecule has 1 atom stereocenters. The summed E-state index contributed by atoms with van der Waals surface area (Å²) in [6, 6.07) is 1.28. The lowest BCUT2D eigenvalue weighted by molar-refractivity contribution is -0.138. The summed E-state index contributed by atoms with van der Waals surface area (Å²) in [4.78, 5) is 14.7. The number of carboxylic acid groups (broad SMARTS) is 1. The average molecular weight is 304 g/mol. The van der Waals surface area contributed by atoms with Gasteiger partial charge < -0.3 is 10.4 Å². The standard InChI is InChI=1S/C14H19F3N2O2/c1-13(2,3)8-10(7-12(20)21)19-11-6-9(4-5-18-11)14(15,16)17/h4-6,10H,7-8H2,1-3H3,(H,18,19)(H,20,21). The number of carboxylic acids is 1. The number of aliphatic carboxylic acids is 1. The lowest BCUT2D eigenvalue weighted by Crippen LogP contribution is -2.28. The zero-order valence-corrected chi connectivity index (χ0v) is 12.2. The molecule has 0 spiro atoms. The Hall–Kier alpha value is -1.79. The fourth-order valence-electron chi connectivity index (χ4n) is 2.02. The smallest absolute Gasteiger partial charge is 0.416 e. The quantitative estimate of drug-likeness (QED) is 0.868. The monoisotopic (exact) mass is 304 g/mol. The van der Waals surface area contributed by atoms with E-state index >= 15 is 0 Å². The highest BCUT2D eigenvalue weighted by Crippen LogP contribution is 2.30. The number of halogens is 3. The van der Waals surface area contributed by atoms with Gasteiger partial charge in [-0.25, -0.2) is 4.98 Å². The third-order valence-electron chi connectivity index (χ3n) is 2.72. The van der Waals surface area contributed by atoms with Crippen LogP contribution < -0.4 is 5.32 Å². The van der Waals surface area contributed by atoms with Gasteiger partial charge in [-0.3, -0.25) is 4.79 Å². The molecule has 0 aliphatic heterocycles. The lowest BCUT2D eigenvalue weighted by atomic mass is 9.87. The Morgan fingerprint density at radius 3 is 2.48 bits per heavy atom. The van der Waals surface area contributed by atoms with Gasteiger partial charge in [0.25, 0.3) is 0 Å². The molecule has 1 rings (SSSR count). The van der Waals surface area contributed by atoms with E-state index in [2.05, 4.69) is 10.3 Å². The highest BCUT2D eigenvalue weighted by atomic mass is 19.4. The van der Waals surface area contributed by atoms with E-state index in [9.17, 15) is 18.0 Å². The fourth-order valence-corrected chi connectivity index (χ4v) is 2.02. The van der Waals surface area contributed by atoms with E-state index in [0.29, 0.717) is 6.42 Å². The summed E-state index contributed by atoms with van der Waals surface area (Å²) in [7, 11) is 0. The van der Waals surface area contributed by atoms with Crippen molar-refractivity contribution in [2.45, 2.75) is 45.8 Å². The number of alkyl halides is 3. The van der Waals surface area contributed by atoms with Crippen molar-refractivity contribution in [3.8, 4) is 0 Å². The molecular formula is C14H19F3N2O2. The predicted molar refractivity (Wildman–Crippen MR) is 73.0 cm³/mol. The molecule has 0 saturated carbocycles. The average Bonchev–Trinajstić information content (AvgIpc) is 2.24. The normalized spacial score (nSPS) is 13.8. The number of hydrogen-bond acceptors (Lipinski definition) is 3. The minimum absolute atomic E-state index is 0.0281. The van der Waals surface area contributed by atoms with Crippen molar-refractivity contribution in [1.29, 1.82) is 0 Å². The van der Waals surface area contributed by atoms with Gasteiger partial charge in [0.15, 0.2) is 0 Å². The zero-order chi connectivity index (χ0) is 16.3. The Kier molecular flexibility index (Phi) is 5.20. The minimum atomic E-state index is -4.45. The molecule has 0 amide bonds. The van der Waals surface area contributed by atoms with Crippen LogP contribution in [0.2, 0.25) is 0 Å². The molecular weight excluding hydrogens is 285 g/mol. The number of pyridine rings is 1. The van der Waals surface area contributed by atoms with Crippen molar-refractivity contribution >= 4 is 11.8 Å². The van der Waals surface area contributed by atoms with E-state index in [-0.39, 0.29) is 17.7 Å². The van der Waals surface area contributed by atoms with Gasteiger partial charge in [-0.05, 0) is 24.0 Å². The second-order valence-corrected chi connectivity index (χ2v) is 6.13. The Bertz CT molecular complexity index is 496. The first-order chi connectivity index (χ1) is 9.47. The van der Waals surface area contributed by atoms with Crippen molar-refractivity contribution in [3.05, 3.63) is 23.9 Å². The predicted octanol–water partition coefficient (Wildman–Crippen LogP) is 3.79. The van der Waals surface area contributed by atoms with Crippen LogP contribution in [0.25, 0.3) is 0 Å². The molecule has 1 unspecified atom stereocenters. The van der Waals surface area contributed by atoms with Crippen molar-refractivity contribution < 1.29 is 23.1 Å². The van der Waals surface area contributed by atoms with Crippen LogP contribution in [-0.2, 0) is 11.0 Å². The van der Waals surface area contributed by atoms with Gasteiger partial charge in [-0.1, -0.05) is 20.8 Å². The van der Waals surface area contributed by atoms with Crippen LogP contribution >= 0.6 is 0 Å². The van der Waals surface area contributed by atoms with Crippen molar-refractivity contribution in [1.82, 2.24) is 4.98 Å². The van der Waals surface area contributed by atoms with Gasteiger partial charge >= 0.3 is 12.1 Å². The zero-order valence-electron chi connectivity index (χ0n) is 12.2. The van der Waals surface area contributed by atoms with Gasteiger partial charge in [-0.2, -0.15) is 13.2 Å².